The molecule has 320 valence electrons. The minimum atomic E-state index is 1.25. The van der Waals surface area contributed by atoms with Crippen LogP contribution in [0.1, 0.15) is 98.4 Å². The molecule has 0 aliphatic carbocycles. The number of benzene rings is 8. The lowest BCUT2D eigenvalue weighted by Crippen LogP contribution is -1.91. The summed E-state index contributed by atoms with van der Waals surface area (Å²) in [5.41, 5.74) is 18.1. The van der Waals surface area contributed by atoms with E-state index in [0.29, 0.717) is 0 Å². The molecular formula is C62H72. The molecule has 0 amide bonds. The monoisotopic (exact) mass is 817 g/mol. The van der Waals surface area contributed by atoms with Gasteiger partial charge in [0.05, 0.1) is 0 Å². The van der Waals surface area contributed by atoms with Crippen LogP contribution in [-0.2, 0) is 0 Å². The van der Waals surface area contributed by atoms with Gasteiger partial charge in [-0.25, -0.2) is 0 Å². The standard InChI is InChI=1S/C34H26.C20H22.4C2H6/c1-23-17-19-25(20-18-23)33-29-13-3-5-15-31(29)34(32-16-6-4-14-30(32)33)28-12-8-11-27(22-28)26-10-7-9-24(2)21-26;1-5-9-15(2)17(4)20-14-19(13-12-16(20)3)18-10-7-6-8-11-18;4*1-2/h3-22H,1-2H3;5-14H,1-4H3;4*1-2H3/b;9-5-,17-15+;;;;. The van der Waals surface area contributed by atoms with Crippen molar-refractivity contribution in [1.29, 1.82) is 0 Å². The van der Waals surface area contributed by atoms with Gasteiger partial charge in [-0.1, -0.05) is 236 Å². The number of rotatable bonds is 6. The maximum atomic E-state index is 2.34. The molecule has 0 heteroatoms. The van der Waals surface area contributed by atoms with Crippen LogP contribution in [0.2, 0.25) is 0 Å². The van der Waals surface area contributed by atoms with Gasteiger partial charge in [0.2, 0.25) is 0 Å². The summed E-state index contributed by atoms with van der Waals surface area (Å²) in [6.45, 7) is 28.9. The van der Waals surface area contributed by atoms with Crippen molar-refractivity contribution in [1.82, 2.24) is 0 Å². The van der Waals surface area contributed by atoms with Gasteiger partial charge in [0, 0.05) is 0 Å². The molecule has 0 nitrogen and oxygen atoms in total. The van der Waals surface area contributed by atoms with Gasteiger partial charge < -0.3 is 0 Å². The Hall–Kier alpha value is -6.24. The molecule has 0 fully saturated rings. The van der Waals surface area contributed by atoms with E-state index in [0.717, 1.165) is 0 Å². The molecule has 0 N–H and O–H groups in total. The van der Waals surface area contributed by atoms with E-state index in [4.69, 9.17) is 0 Å². The maximum Gasteiger partial charge on any atom is -0.00262 e. The van der Waals surface area contributed by atoms with Crippen LogP contribution >= 0.6 is 0 Å². The summed E-state index contributed by atoms with van der Waals surface area (Å²) >= 11 is 0. The van der Waals surface area contributed by atoms with Crippen molar-refractivity contribution in [3.63, 3.8) is 0 Å². The molecule has 0 saturated heterocycles. The molecule has 0 bridgehead atoms. The first kappa shape index (κ1) is 50.1. The third-order valence-corrected chi connectivity index (χ3v) is 10.5. The highest BCUT2D eigenvalue weighted by atomic mass is 14.2. The van der Waals surface area contributed by atoms with Crippen LogP contribution in [0.15, 0.2) is 188 Å². The van der Waals surface area contributed by atoms with Gasteiger partial charge >= 0.3 is 0 Å². The second kappa shape index (κ2) is 26.2. The Labute approximate surface area is 376 Å². The predicted octanol–water partition coefficient (Wildman–Crippen LogP) is 19.7. The van der Waals surface area contributed by atoms with Crippen molar-refractivity contribution in [3.8, 4) is 44.5 Å². The van der Waals surface area contributed by atoms with Crippen molar-refractivity contribution in [3.05, 3.63) is 210 Å². The van der Waals surface area contributed by atoms with Crippen LogP contribution in [0, 0.1) is 20.8 Å². The highest BCUT2D eigenvalue weighted by molar-refractivity contribution is 6.21. The molecule has 8 aromatic carbocycles. The zero-order valence-electron chi connectivity index (χ0n) is 40.3. The smallest absolute Gasteiger partial charge is 0.00262 e. The predicted molar refractivity (Wildman–Crippen MR) is 282 cm³/mol. The van der Waals surface area contributed by atoms with Gasteiger partial charge in [-0.15, -0.1) is 0 Å². The van der Waals surface area contributed by atoms with Gasteiger partial charge in [0.25, 0.3) is 0 Å². The van der Waals surface area contributed by atoms with Gasteiger partial charge in [-0.3, -0.25) is 0 Å². The Balaban J connectivity index is 0.000000314. The lowest BCUT2D eigenvalue weighted by atomic mass is 9.85. The average Bonchev–Trinajstić information content (AvgIpc) is 3.34. The molecule has 0 atom stereocenters. The normalized spacial score (nSPS) is 10.6. The summed E-state index contributed by atoms with van der Waals surface area (Å²) in [5, 5.41) is 5.17. The molecule has 0 radical (unpaired) electrons. The molecule has 0 heterocycles. The summed E-state index contributed by atoms with van der Waals surface area (Å²) in [4.78, 5) is 0. The zero-order chi connectivity index (χ0) is 45.6. The van der Waals surface area contributed by atoms with Crippen molar-refractivity contribution in [2.45, 2.75) is 96.9 Å². The van der Waals surface area contributed by atoms with Gasteiger partial charge in [-0.2, -0.15) is 0 Å². The van der Waals surface area contributed by atoms with E-state index in [9.17, 15) is 0 Å². The molecule has 62 heavy (non-hydrogen) atoms. The quantitative estimate of drug-likeness (QED) is 0.116. The van der Waals surface area contributed by atoms with Gasteiger partial charge in [-0.05, 0) is 142 Å². The van der Waals surface area contributed by atoms with E-state index >= 15 is 0 Å². The molecule has 0 saturated carbocycles. The summed E-state index contributed by atoms with van der Waals surface area (Å²) in [6, 6.07) is 61.6. The Morgan fingerprint density at radius 1 is 0.355 bits per heavy atom. The average molecular weight is 817 g/mol. The van der Waals surface area contributed by atoms with Crippen LogP contribution in [-0.4, -0.2) is 0 Å². The first-order chi connectivity index (χ1) is 30.3. The first-order valence-corrected chi connectivity index (χ1v) is 23.0. The number of allylic oxidation sites excluding steroid dienone is 4. The van der Waals surface area contributed by atoms with Crippen LogP contribution < -0.4 is 0 Å². The SMILES string of the molecule is C/C=C\C(C)=C(/C)c1cc(-c2ccccc2)ccc1C.CC.CC.CC.CC.Cc1ccc(-c2c3ccccc3c(-c3cccc(-c4cccc(C)c4)c3)c3ccccc23)cc1. The maximum absolute atomic E-state index is 2.34. The minimum Gasteiger partial charge on any atom is -0.0874 e. The van der Waals surface area contributed by atoms with Gasteiger partial charge in [0.15, 0.2) is 0 Å². The molecule has 8 aromatic rings. The van der Waals surface area contributed by atoms with E-state index in [1.807, 2.05) is 55.4 Å². The van der Waals surface area contributed by atoms with Crippen molar-refractivity contribution < 1.29 is 0 Å². The summed E-state index contributed by atoms with van der Waals surface area (Å²) in [7, 11) is 0. The molecule has 0 spiro atoms. The third-order valence-electron chi connectivity index (χ3n) is 10.5. The molecule has 8 rings (SSSR count). The lowest BCUT2D eigenvalue weighted by Gasteiger charge is -2.18. The van der Waals surface area contributed by atoms with Crippen LogP contribution in [0.25, 0.3) is 71.6 Å². The molecule has 0 aliphatic heterocycles. The molecule has 0 unspecified atom stereocenters. The Kier molecular flexibility index (Phi) is 21.2. The number of aryl methyl sites for hydroxylation is 3. The number of fused-ring (bicyclic) bond motifs is 2. The summed E-state index contributed by atoms with van der Waals surface area (Å²) < 4.78 is 0. The zero-order valence-corrected chi connectivity index (χ0v) is 40.3. The van der Waals surface area contributed by atoms with E-state index in [2.05, 4.69) is 224 Å². The van der Waals surface area contributed by atoms with Crippen molar-refractivity contribution in [2.24, 2.45) is 0 Å². The summed E-state index contributed by atoms with van der Waals surface area (Å²) in [5.74, 6) is 0. The van der Waals surface area contributed by atoms with Gasteiger partial charge in [0.1, 0.15) is 0 Å². The fourth-order valence-corrected chi connectivity index (χ4v) is 7.57. The minimum absolute atomic E-state index is 1.25. The fourth-order valence-electron chi connectivity index (χ4n) is 7.57. The highest BCUT2D eigenvalue weighted by Gasteiger charge is 2.17. The molecule has 0 aromatic heterocycles. The lowest BCUT2D eigenvalue weighted by molar-refractivity contribution is 1.37. The highest BCUT2D eigenvalue weighted by Crippen LogP contribution is 2.44. The molecule has 0 aliphatic rings. The molecular weight excluding hydrogens is 745 g/mol. The Bertz CT molecular complexity index is 2580. The Morgan fingerprint density at radius 3 is 1.29 bits per heavy atom. The first-order valence-electron chi connectivity index (χ1n) is 23.0. The second-order valence-corrected chi connectivity index (χ2v) is 14.4. The van der Waals surface area contributed by atoms with E-state index in [1.165, 1.54) is 99.5 Å². The Morgan fingerprint density at radius 2 is 0.774 bits per heavy atom. The topological polar surface area (TPSA) is 0 Å². The third kappa shape index (κ3) is 12.4. The fraction of sp³-hybridized carbons (Fsp3) is 0.226. The second-order valence-electron chi connectivity index (χ2n) is 14.4. The summed E-state index contributed by atoms with van der Waals surface area (Å²) in [6.07, 6.45) is 4.26. The van der Waals surface area contributed by atoms with Crippen LogP contribution in [0.3, 0.4) is 0 Å². The van der Waals surface area contributed by atoms with E-state index in [1.54, 1.807) is 0 Å². The van der Waals surface area contributed by atoms with Crippen molar-refractivity contribution >= 4 is 27.1 Å². The number of hydrogen-bond donors (Lipinski definition) is 0. The van der Waals surface area contributed by atoms with Crippen LogP contribution in [0.4, 0.5) is 0 Å². The van der Waals surface area contributed by atoms with Crippen molar-refractivity contribution in [2.75, 3.05) is 0 Å². The largest absolute Gasteiger partial charge is 0.0874 e. The van der Waals surface area contributed by atoms with Crippen LogP contribution in [0.5, 0.6) is 0 Å². The van der Waals surface area contributed by atoms with E-state index in [-0.39, 0.29) is 0 Å². The number of hydrogen-bond acceptors (Lipinski definition) is 0. The van der Waals surface area contributed by atoms with E-state index < -0.39 is 0 Å².